The fourth-order valence-electron chi connectivity index (χ4n) is 2.85. The van der Waals surface area contributed by atoms with Gasteiger partial charge in [0, 0.05) is 18.5 Å². The van der Waals surface area contributed by atoms with Gasteiger partial charge in [-0.25, -0.2) is 4.98 Å². The average molecular weight is 371 g/mol. The van der Waals surface area contributed by atoms with E-state index in [0.717, 1.165) is 22.5 Å². The number of ether oxygens (including phenoxy) is 1. The summed E-state index contributed by atoms with van der Waals surface area (Å²) in [6.07, 6.45) is 7.58. The highest BCUT2D eigenvalue weighted by Crippen LogP contribution is 2.29. The van der Waals surface area contributed by atoms with E-state index in [2.05, 4.69) is 4.98 Å². The topological polar surface area (TPSA) is 69.7 Å². The van der Waals surface area contributed by atoms with Crippen molar-refractivity contribution in [2.75, 3.05) is 0 Å². The molecule has 0 aliphatic carbocycles. The molecule has 0 aliphatic heterocycles. The summed E-state index contributed by atoms with van der Waals surface area (Å²) >= 11 is 0. The van der Waals surface area contributed by atoms with Crippen LogP contribution in [-0.4, -0.2) is 14.3 Å². The fourth-order valence-corrected chi connectivity index (χ4v) is 2.85. The van der Waals surface area contributed by atoms with Gasteiger partial charge in [0.05, 0.1) is 10.6 Å². The van der Waals surface area contributed by atoms with Crippen molar-refractivity contribution in [2.24, 2.45) is 0 Å². The van der Waals surface area contributed by atoms with E-state index in [0.29, 0.717) is 0 Å². The molecule has 138 valence electrons. The van der Waals surface area contributed by atoms with Gasteiger partial charge in [0.15, 0.2) is 5.75 Å². The summed E-state index contributed by atoms with van der Waals surface area (Å²) in [5.41, 5.74) is 3.35. The number of hydrogen-bond acceptors (Lipinski definition) is 4. The Kier molecular flexibility index (Phi) is 4.84. The van der Waals surface area contributed by atoms with Crippen LogP contribution in [-0.2, 0) is 6.61 Å². The summed E-state index contributed by atoms with van der Waals surface area (Å²) in [7, 11) is 0. The van der Waals surface area contributed by atoms with E-state index in [1.807, 2.05) is 77.5 Å². The average Bonchev–Trinajstić information content (AvgIpc) is 3.14. The van der Waals surface area contributed by atoms with E-state index in [1.165, 1.54) is 6.07 Å². The Bertz CT molecular complexity index is 1120. The van der Waals surface area contributed by atoms with Gasteiger partial charge in [-0.15, -0.1) is 0 Å². The van der Waals surface area contributed by atoms with Crippen LogP contribution >= 0.6 is 0 Å². The van der Waals surface area contributed by atoms with Crippen LogP contribution < -0.4 is 4.74 Å². The molecule has 2 heterocycles. The molecule has 0 N–H and O–H groups in total. The zero-order valence-electron chi connectivity index (χ0n) is 14.9. The minimum atomic E-state index is -0.435. The van der Waals surface area contributed by atoms with E-state index < -0.39 is 4.92 Å². The lowest BCUT2D eigenvalue weighted by Gasteiger charge is -2.07. The number of rotatable bonds is 6. The van der Waals surface area contributed by atoms with Gasteiger partial charge < -0.3 is 9.14 Å². The number of pyridine rings is 1. The third kappa shape index (κ3) is 3.91. The van der Waals surface area contributed by atoms with E-state index in [9.17, 15) is 10.1 Å². The first-order chi connectivity index (χ1) is 13.7. The van der Waals surface area contributed by atoms with Gasteiger partial charge in [-0.3, -0.25) is 10.1 Å². The molecule has 0 fully saturated rings. The lowest BCUT2D eigenvalue weighted by atomic mass is 10.1. The standard InChI is InChI=1S/C22H17N3O3/c26-25(27)20-12-10-17(14-21(20)28-16-18-6-2-1-3-7-18)9-11-19-15-24-13-5-4-8-22(24)23-19/h1-15H,16H2. The largest absolute Gasteiger partial charge is 0.482 e. The molecule has 0 bridgehead atoms. The van der Waals surface area contributed by atoms with Gasteiger partial charge in [-0.05, 0) is 41.5 Å². The van der Waals surface area contributed by atoms with Crippen LogP contribution in [0.15, 0.2) is 79.1 Å². The highest BCUT2D eigenvalue weighted by atomic mass is 16.6. The normalized spacial score (nSPS) is 11.1. The maximum absolute atomic E-state index is 11.3. The molecule has 0 unspecified atom stereocenters. The van der Waals surface area contributed by atoms with Gasteiger partial charge in [-0.2, -0.15) is 0 Å². The van der Waals surface area contributed by atoms with Crippen molar-refractivity contribution in [3.05, 3.63) is 106 Å². The highest BCUT2D eigenvalue weighted by molar-refractivity contribution is 5.71. The predicted molar refractivity (Wildman–Crippen MR) is 108 cm³/mol. The number of nitro groups is 1. The SMILES string of the molecule is O=[N+]([O-])c1ccc(C=Cc2cn3ccccc3n2)cc1OCc1ccccc1. The highest BCUT2D eigenvalue weighted by Gasteiger charge is 2.15. The van der Waals surface area contributed by atoms with Gasteiger partial charge in [0.25, 0.3) is 0 Å². The monoisotopic (exact) mass is 371 g/mol. The predicted octanol–water partition coefficient (Wildman–Crippen LogP) is 4.99. The Morgan fingerprint density at radius 2 is 1.86 bits per heavy atom. The molecule has 0 spiro atoms. The minimum Gasteiger partial charge on any atom is -0.482 e. The van der Waals surface area contributed by atoms with Crippen LogP contribution in [0.25, 0.3) is 17.8 Å². The van der Waals surface area contributed by atoms with E-state index in [1.54, 1.807) is 12.1 Å². The summed E-state index contributed by atoms with van der Waals surface area (Å²) in [5.74, 6) is 0.242. The third-order valence-corrected chi connectivity index (χ3v) is 4.25. The smallest absolute Gasteiger partial charge is 0.310 e. The second-order valence-corrected chi connectivity index (χ2v) is 6.22. The number of fused-ring (bicyclic) bond motifs is 1. The molecule has 0 atom stereocenters. The molecule has 2 aromatic carbocycles. The maximum Gasteiger partial charge on any atom is 0.310 e. The van der Waals surface area contributed by atoms with Crippen molar-refractivity contribution >= 4 is 23.5 Å². The molecule has 4 rings (SSSR count). The molecule has 6 nitrogen and oxygen atoms in total. The zero-order valence-corrected chi connectivity index (χ0v) is 14.9. The first-order valence-electron chi connectivity index (χ1n) is 8.76. The van der Waals surface area contributed by atoms with Gasteiger partial charge in [-0.1, -0.05) is 42.5 Å². The summed E-state index contributed by atoms with van der Waals surface area (Å²) < 4.78 is 7.66. The fraction of sp³-hybridized carbons (Fsp3) is 0.0455. The molecule has 6 heteroatoms. The van der Waals surface area contributed by atoms with Crippen molar-refractivity contribution in [2.45, 2.75) is 6.61 Å². The van der Waals surface area contributed by atoms with Crippen LogP contribution in [0.2, 0.25) is 0 Å². The lowest BCUT2D eigenvalue weighted by Crippen LogP contribution is -1.99. The van der Waals surface area contributed by atoms with Crippen molar-refractivity contribution in [1.29, 1.82) is 0 Å². The quantitative estimate of drug-likeness (QED) is 0.354. The van der Waals surface area contributed by atoms with Gasteiger partial charge in [0.2, 0.25) is 0 Å². The van der Waals surface area contributed by atoms with Crippen LogP contribution in [0.3, 0.4) is 0 Å². The van der Waals surface area contributed by atoms with Crippen molar-refractivity contribution in [3.63, 3.8) is 0 Å². The number of nitro benzene ring substituents is 1. The van der Waals surface area contributed by atoms with Crippen LogP contribution in [0, 0.1) is 10.1 Å². The van der Waals surface area contributed by atoms with E-state index in [-0.39, 0.29) is 18.0 Å². The third-order valence-electron chi connectivity index (χ3n) is 4.25. The molecule has 4 aromatic rings. The minimum absolute atomic E-state index is 0.0548. The van der Waals surface area contributed by atoms with Gasteiger partial charge >= 0.3 is 5.69 Å². The number of nitrogens with zero attached hydrogens (tertiary/aromatic N) is 3. The molecule has 28 heavy (non-hydrogen) atoms. The van der Waals surface area contributed by atoms with Crippen molar-refractivity contribution < 1.29 is 9.66 Å². The van der Waals surface area contributed by atoms with E-state index >= 15 is 0 Å². The Labute approximate surface area is 161 Å². The molecule has 0 saturated carbocycles. The van der Waals surface area contributed by atoms with Crippen molar-refractivity contribution in [3.8, 4) is 5.75 Å². The summed E-state index contributed by atoms with van der Waals surface area (Å²) in [5, 5.41) is 11.3. The van der Waals surface area contributed by atoms with Gasteiger partial charge in [0.1, 0.15) is 12.3 Å². The number of imidazole rings is 1. The molecule has 0 saturated heterocycles. The van der Waals surface area contributed by atoms with Crippen LogP contribution in [0.1, 0.15) is 16.8 Å². The molecule has 0 amide bonds. The Balaban J connectivity index is 1.57. The summed E-state index contributed by atoms with van der Waals surface area (Å²) in [6.45, 7) is 0.265. The second-order valence-electron chi connectivity index (χ2n) is 6.22. The number of benzene rings is 2. The number of hydrogen-bond donors (Lipinski definition) is 0. The Hall–Kier alpha value is -3.93. The first-order valence-corrected chi connectivity index (χ1v) is 8.76. The van der Waals surface area contributed by atoms with Crippen LogP contribution in [0.5, 0.6) is 5.75 Å². The lowest BCUT2D eigenvalue weighted by molar-refractivity contribution is -0.385. The first kappa shape index (κ1) is 17.5. The van der Waals surface area contributed by atoms with Crippen LogP contribution in [0.4, 0.5) is 5.69 Å². The molecular weight excluding hydrogens is 354 g/mol. The van der Waals surface area contributed by atoms with Crippen molar-refractivity contribution in [1.82, 2.24) is 9.38 Å². The maximum atomic E-state index is 11.3. The zero-order chi connectivity index (χ0) is 19.3. The molecular formula is C22H17N3O3. The summed E-state index contributed by atoms with van der Waals surface area (Å²) in [6, 6.07) is 20.2. The molecule has 0 aliphatic rings. The summed E-state index contributed by atoms with van der Waals surface area (Å²) in [4.78, 5) is 15.4. The molecule has 2 aromatic heterocycles. The number of aromatic nitrogens is 2. The second kappa shape index (κ2) is 7.75. The Morgan fingerprint density at radius 3 is 2.64 bits per heavy atom. The Morgan fingerprint density at radius 1 is 1.04 bits per heavy atom. The van der Waals surface area contributed by atoms with E-state index in [4.69, 9.17) is 4.74 Å². The molecule has 0 radical (unpaired) electrons.